The summed E-state index contributed by atoms with van der Waals surface area (Å²) in [5, 5.41) is 0. The van der Waals surface area contributed by atoms with Crippen molar-refractivity contribution in [3.63, 3.8) is 0 Å². The van der Waals surface area contributed by atoms with Gasteiger partial charge in [0, 0.05) is 34.6 Å². The van der Waals surface area contributed by atoms with E-state index < -0.39 is 16.1 Å². The fraction of sp³-hybridized carbons (Fsp3) is 1.00. The molecule has 0 aromatic heterocycles. The third-order valence-corrected chi connectivity index (χ3v) is 12.9. The number of unbranched alkanes of at least 4 members (excludes halogenated alkanes) is 3. The molecule has 0 fully saturated rings. The highest BCUT2D eigenvalue weighted by molar-refractivity contribution is 7.75. The summed E-state index contributed by atoms with van der Waals surface area (Å²) < 4.78 is 16.8. The zero-order valence-electron chi connectivity index (χ0n) is 17.0. The van der Waals surface area contributed by atoms with Gasteiger partial charge in [-0.2, -0.15) is 0 Å². The predicted octanol–water partition coefficient (Wildman–Crippen LogP) is 2.68. The lowest BCUT2D eigenvalue weighted by atomic mass is 10.4. The van der Waals surface area contributed by atoms with Crippen LogP contribution in [0, 0.1) is 0 Å². The first-order valence-corrected chi connectivity index (χ1v) is 14.0. The molecule has 24 heavy (non-hydrogen) atoms. The van der Waals surface area contributed by atoms with Crippen LogP contribution >= 0.6 is 7.26 Å². The summed E-state index contributed by atoms with van der Waals surface area (Å²) >= 11 is 0. The molecule has 0 bridgehead atoms. The molecule has 0 aromatic rings. The third-order valence-electron chi connectivity index (χ3n) is 5.01. The molecule has 0 aliphatic carbocycles. The van der Waals surface area contributed by atoms with Crippen molar-refractivity contribution in [1.82, 2.24) is 0 Å². The average molecular weight is 401 g/mol. The molecule has 0 aliphatic heterocycles. The van der Waals surface area contributed by atoms with Gasteiger partial charge in [0.15, 0.2) is 0 Å². The van der Waals surface area contributed by atoms with Crippen LogP contribution in [-0.4, -0.2) is 54.8 Å². The Bertz CT molecular complexity index is 249. The van der Waals surface area contributed by atoms with Crippen molar-refractivity contribution >= 4 is 16.1 Å². The van der Waals surface area contributed by atoms with Gasteiger partial charge in [0.1, 0.15) is 0 Å². The largest absolute Gasteiger partial charge is 1.00 e. The molecule has 0 amide bonds. The van der Waals surface area contributed by atoms with Gasteiger partial charge in [-0.3, -0.25) is 0 Å². The second kappa shape index (κ2) is 16.0. The topological polar surface area (TPSA) is 27.7 Å². The van der Waals surface area contributed by atoms with Gasteiger partial charge in [-0.15, -0.1) is 0 Å². The molecular formula is C18H42ClO3PSi. The highest BCUT2D eigenvalue weighted by Crippen LogP contribution is 2.61. The van der Waals surface area contributed by atoms with E-state index in [1.165, 1.54) is 69.6 Å². The van der Waals surface area contributed by atoms with E-state index in [1.807, 2.05) is 0 Å². The van der Waals surface area contributed by atoms with Gasteiger partial charge in [-0.25, -0.2) is 0 Å². The van der Waals surface area contributed by atoms with Crippen molar-refractivity contribution in [2.75, 3.05) is 46.0 Å². The normalized spacial score (nSPS) is 12.2. The molecule has 0 atom stereocenters. The van der Waals surface area contributed by atoms with Gasteiger partial charge in [0.25, 0.3) is 0 Å². The Balaban J connectivity index is 0. The van der Waals surface area contributed by atoms with E-state index in [-0.39, 0.29) is 12.4 Å². The molecule has 3 nitrogen and oxygen atoms in total. The molecule has 0 unspecified atom stereocenters. The van der Waals surface area contributed by atoms with E-state index in [0.29, 0.717) is 0 Å². The molecule has 0 saturated carbocycles. The third kappa shape index (κ3) is 10.1. The van der Waals surface area contributed by atoms with Crippen LogP contribution in [0.25, 0.3) is 0 Å². The Morgan fingerprint density at radius 1 is 0.625 bits per heavy atom. The molecule has 0 rings (SSSR count). The zero-order chi connectivity index (χ0) is 17.6. The summed E-state index contributed by atoms with van der Waals surface area (Å²) in [7, 11) is 1.99. The van der Waals surface area contributed by atoms with Crippen molar-refractivity contribution in [2.24, 2.45) is 0 Å². The Kier molecular flexibility index (Phi) is 18.1. The van der Waals surface area contributed by atoms with Crippen molar-refractivity contribution in [2.45, 2.75) is 71.8 Å². The fourth-order valence-electron chi connectivity index (χ4n) is 3.34. The lowest BCUT2D eigenvalue weighted by Crippen LogP contribution is -3.00. The molecule has 6 heteroatoms. The molecular weight excluding hydrogens is 359 g/mol. The maximum atomic E-state index is 5.60. The van der Waals surface area contributed by atoms with E-state index >= 15 is 0 Å². The van der Waals surface area contributed by atoms with Crippen molar-refractivity contribution in [3.8, 4) is 0 Å². The molecule has 0 radical (unpaired) electrons. The Morgan fingerprint density at radius 3 is 1.25 bits per heavy atom. The van der Waals surface area contributed by atoms with Crippen molar-refractivity contribution in [3.05, 3.63) is 0 Å². The maximum Gasteiger partial charge on any atom is 0.500 e. The smallest absolute Gasteiger partial charge is 0.500 e. The minimum Gasteiger partial charge on any atom is -1.00 e. The first-order valence-electron chi connectivity index (χ1n) is 9.58. The SMILES string of the molecule is CCCC[P+](CCCC)(CCCC)CCC[Si](OC)(OC)OC.[Cl-]. The van der Waals surface area contributed by atoms with Crippen LogP contribution in [0.2, 0.25) is 6.04 Å². The minimum atomic E-state index is -2.39. The van der Waals surface area contributed by atoms with E-state index in [1.54, 1.807) is 21.3 Å². The molecule has 0 N–H and O–H groups in total. The van der Waals surface area contributed by atoms with E-state index in [0.717, 1.165) is 6.04 Å². The van der Waals surface area contributed by atoms with Crippen LogP contribution in [0.3, 0.4) is 0 Å². The quantitative estimate of drug-likeness (QED) is 0.294. The van der Waals surface area contributed by atoms with Gasteiger partial charge in [0.05, 0.1) is 24.6 Å². The Hall–Kier alpha value is 0.817. The van der Waals surface area contributed by atoms with E-state index in [4.69, 9.17) is 13.3 Å². The highest BCUT2D eigenvalue weighted by atomic mass is 35.5. The predicted molar refractivity (Wildman–Crippen MR) is 107 cm³/mol. The molecule has 0 heterocycles. The zero-order valence-corrected chi connectivity index (χ0v) is 19.7. The summed E-state index contributed by atoms with van der Waals surface area (Å²) in [5.41, 5.74) is 0. The monoisotopic (exact) mass is 400 g/mol. The van der Waals surface area contributed by atoms with Gasteiger partial charge < -0.3 is 25.7 Å². The molecule has 0 aromatic carbocycles. The van der Waals surface area contributed by atoms with Gasteiger partial charge in [0.2, 0.25) is 0 Å². The van der Waals surface area contributed by atoms with Gasteiger partial charge >= 0.3 is 8.80 Å². The number of hydrogen-bond donors (Lipinski definition) is 0. The molecule has 0 saturated heterocycles. The standard InChI is InChI=1S/C18H42O3PSi.ClH/c1-7-10-14-22(15-11-8-2,16-12-9-3)17-13-18-23(19-4,20-5)21-6;/h7-18H2,1-6H3;1H/q+1;/p-1. The highest BCUT2D eigenvalue weighted by Gasteiger charge is 2.40. The van der Waals surface area contributed by atoms with Crippen LogP contribution in [0.1, 0.15) is 65.7 Å². The van der Waals surface area contributed by atoms with Crippen LogP contribution in [0.15, 0.2) is 0 Å². The number of halogens is 1. The van der Waals surface area contributed by atoms with E-state index in [9.17, 15) is 0 Å². The van der Waals surface area contributed by atoms with E-state index in [2.05, 4.69) is 20.8 Å². The van der Waals surface area contributed by atoms with Crippen LogP contribution in [0.4, 0.5) is 0 Å². The summed E-state index contributed by atoms with van der Waals surface area (Å²) in [4.78, 5) is 0. The maximum absolute atomic E-state index is 5.60. The second-order valence-electron chi connectivity index (χ2n) is 6.70. The molecule has 0 spiro atoms. The number of rotatable bonds is 16. The van der Waals surface area contributed by atoms with Crippen molar-refractivity contribution in [1.29, 1.82) is 0 Å². The number of hydrogen-bond acceptors (Lipinski definition) is 3. The lowest BCUT2D eigenvalue weighted by molar-refractivity contribution is -0.00000983. The fourth-order valence-corrected chi connectivity index (χ4v) is 10.5. The average Bonchev–Trinajstić information content (AvgIpc) is 2.60. The Morgan fingerprint density at radius 2 is 0.958 bits per heavy atom. The molecule has 148 valence electrons. The lowest BCUT2D eigenvalue weighted by Gasteiger charge is -2.30. The van der Waals surface area contributed by atoms with Crippen LogP contribution < -0.4 is 12.4 Å². The van der Waals surface area contributed by atoms with Crippen LogP contribution in [-0.2, 0) is 13.3 Å². The first-order chi connectivity index (χ1) is 11.1. The van der Waals surface area contributed by atoms with Crippen molar-refractivity contribution < 1.29 is 25.7 Å². The molecule has 0 aliphatic rings. The second-order valence-corrected chi connectivity index (χ2v) is 14.3. The Labute approximate surface area is 159 Å². The minimum absolute atomic E-state index is 0. The summed E-state index contributed by atoms with van der Waals surface area (Å²) in [6.07, 6.45) is 15.3. The summed E-state index contributed by atoms with van der Waals surface area (Å²) in [5.74, 6) is 0. The van der Waals surface area contributed by atoms with Crippen LogP contribution in [0.5, 0.6) is 0 Å². The summed E-state index contributed by atoms with van der Waals surface area (Å²) in [6, 6.07) is 0.961. The summed E-state index contributed by atoms with van der Waals surface area (Å²) in [6.45, 7) is 6.98. The first kappa shape index (κ1) is 27.0. The van der Waals surface area contributed by atoms with Gasteiger partial charge in [-0.1, -0.05) is 40.0 Å². The van der Waals surface area contributed by atoms with Gasteiger partial charge in [-0.05, 0) is 25.7 Å².